The molecule has 4 aliphatic rings. The van der Waals surface area contributed by atoms with Crippen LogP contribution in [0.5, 0.6) is 0 Å². The molecular formula is C30H30N6O4. The van der Waals surface area contributed by atoms with Crippen molar-refractivity contribution in [2.75, 3.05) is 18.0 Å². The summed E-state index contributed by atoms with van der Waals surface area (Å²) >= 11 is 0. The number of nitriles is 1. The normalized spacial score (nSPS) is 22.6. The molecule has 0 spiro atoms. The first-order valence-electron chi connectivity index (χ1n) is 13.7. The van der Waals surface area contributed by atoms with Gasteiger partial charge < -0.3 is 10.6 Å². The molecule has 0 bridgehead atoms. The van der Waals surface area contributed by atoms with Crippen LogP contribution in [0.1, 0.15) is 54.4 Å². The van der Waals surface area contributed by atoms with Gasteiger partial charge in [-0.1, -0.05) is 18.2 Å². The smallest absolute Gasteiger partial charge is 0.259 e. The Bertz CT molecular complexity index is 1540. The zero-order chi connectivity index (χ0) is 28.0. The molecule has 10 nitrogen and oxygen atoms in total. The summed E-state index contributed by atoms with van der Waals surface area (Å²) in [6, 6.07) is 10.9. The monoisotopic (exact) mass is 538 g/mol. The summed E-state index contributed by atoms with van der Waals surface area (Å²) < 4.78 is 0. The number of nitrogens with one attached hydrogen (secondary N) is 1. The minimum absolute atomic E-state index is 0.0401. The van der Waals surface area contributed by atoms with E-state index in [1.54, 1.807) is 17.2 Å². The van der Waals surface area contributed by atoms with Gasteiger partial charge in [-0.2, -0.15) is 5.26 Å². The molecule has 2 saturated heterocycles. The summed E-state index contributed by atoms with van der Waals surface area (Å²) in [5, 5.41) is 13.4. The number of allylic oxidation sites excluding steroid dienone is 1. The molecule has 3 N–H and O–H groups in total. The molecular weight excluding hydrogens is 508 g/mol. The molecule has 4 amide bonds. The van der Waals surface area contributed by atoms with Crippen molar-refractivity contribution in [1.29, 1.82) is 5.26 Å². The SMILES string of the molecule is N#CC1(C(=O)N2CCC(N=C/C(=C\N)Cc3ccc4c5c(cccc35)C(=O)N4C3CCC(=O)NC3=O)CC2)CC1. The van der Waals surface area contributed by atoms with E-state index < -0.39 is 17.4 Å². The van der Waals surface area contributed by atoms with Crippen LogP contribution in [0.25, 0.3) is 10.8 Å². The van der Waals surface area contributed by atoms with Gasteiger partial charge >= 0.3 is 0 Å². The van der Waals surface area contributed by atoms with Crippen molar-refractivity contribution >= 4 is 46.3 Å². The Kier molecular flexibility index (Phi) is 6.37. The number of piperidine rings is 2. The third-order valence-electron chi connectivity index (χ3n) is 8.52. The lowest BCUT2D eigenvalue weighted by atomic mass is 9.96. The second kappa shape index (κ2) is 9.90. The number of carbonyl (C=O) groups excluding carboxylic acids is 4. The minimum Gasteiger partial charge on any atom is -0.404 e. The molecule has 10 heteroatoms. The zero-order valence-electron chi connectivity index (χ0n) is 22.1. The summed E-state index contributed by atoms with van der Waals surface area (Å²) in [6.45, 7) is 1.19. The summed E-state index contributed by atoms with van der Waals surface area (Å²) in [5.74, 6) is -1.05. The Balaban J connectivity index is 1.17. The molecule has 2 aromatic rings. The van der Waals surface area contributed by atoms with Crippen LogP contribution in [0.3, 0.4) is 0 Å². The van der Waals surface area contributed by atoms with Gasteiger partial charge in [0.15, 0.2) is 0 Å². The fraction of sp³-hybridized carbons (Fsp3) is 0.400. The Morgan fingerprint density at radius 2 is 1.93 bits per heavy atom. The highest BCUT2D eigenvalue weighted by molar-refractivity contribution is 6.27. The number of benzene rings is 2. The Labute approximate surface area is 231 Å². The van der Waals surface area contributed by atoms with E-state index in [1.807, 2.05) is 24.3 Å². The lowest BCUT2D eigenvalue weighted by molar-refractivity contribution is -0.136. The van der Waals surface area contributed by atoms with E-state index in [-0.39, 0.29) is 36.6 Å². The molecule has 0 aromatic heterocycles. The Morgan fingerprint density at radius 1 is 1.15 bits per heavy atom. The fourth-order valence-corrected chi connectivity index (χ4v) is 6.05. The van der Waals surface area contributed by atoms with Gasteiger partial charge in [0.25, 0.3) is 5.91 Å². The number of nitrogens with zero attached hydrogens (tertiary/aromatic N) is 4. The average Bonchev–Trinajstić information content (AvgIpc) is 3.72. The fourth-order valence-electron chi connectivity index (χ4n) is 6.05. The lowest BCUT2D eigenvalue weighted by Gasteiger charge is -2.31. The highest BCUT2D eigenvalue weighted by atomic mass is 16.2. The molecule has 0 radical (unpaired) electrons. The molecule has 3 heterocycles. The van der Waals surface area contributed by atoms with Gasteiger partial charge in [-0.25, -0.2) is 0 Å². The van der Waals surface area contributed by atoms with Crippen LogP contribution in [-0.4, -0.2) is 59.9 Å². The van der Waals surface area contributed by atoms with Gasteiger partial charge in [0.1, 0.15) is 11.5 Å². The van der Waals surface area contributed by atoms with Gasteiger partial charge in [0.2, 0.25) is 17.7 Å². The highest BCUT2D eigenvalue weighted by Gasteiger charge is 2.52. The predicted octanol–water partition coefficient (Wildman–Crippen LogP) is 2.36. The Hall–Kier alpha value is -4.52. The van der Waals surface area contributed by atoms with Crippen molar-refractivity contribution in [2.45, 2.75) is 57.0 Å². The second-order valence-corrected chi connectivity index (χ2v) is 11.0. The summed E-state index contributed by atoms with van der Waals surface area (Å²) in [6.07, 6.45) is 7.11. The molecule has 1 saturated carbocycles. The summed E-state index contributed by atoms with van der Waals surface area (Å²) in [7, 11) is 0. The zero-order valence-corrected chi connectivity index (χ0v) is 22.1. The van der Waals surface area contributed by atoms with E-state index in [2.05, 4.69) is 11.4 Å². The molecule has 6 rings (SSSR count). The summed E-state index contributed by atoms with van der Waals surface area (Å²) in [4.78, 5) is 58.3. The number of likely N-dealkylation sites (tertiary alicyclic amines) is 1. The number of rotatable bonds is 6. The number of carbonyl (C=O) groups is 4. The molecule has 3 fully saturated rings. The van der Waals surface area contributed by atoms with E-state index in [0.29, 0.717) is 43.6 Å². The number of aliphatic imine (C=N–C) groups is 1. The predicted molar refractivity (Wildman–Crippen MR) is 148 cm³/mol. The van der Waals surface area contributed by atoms with Crippen molar-refractivity contribution in [3.05, 3.63) is 53.2 Å². The van der Waals surface area contributed by atoms with Crippen LogP contribution in [0, 0.1) is 16.7 Å². The lowest BCUT2D eigenvalue weighted by Crippen LogP contribution is -2.53. The van der Waals surface area contributed by atoms with Gasteiger partial charge in [-0.3, -0.25) is 34.4 Å². The third-order valence-corrected chi connectivity index (χ3v) is 8.52. The van der Waals surface area contributed by atoms with E-state index in [1.165, 1.54) is 11.1 Å². The van der Waals surface area contributed by atoms with Gasteiger partial charge in [0.05, 0.1) is 17.8 Å². The molecule has 40 heavy (non-hydrogen) atoms. The number of nitrogens with two attached hydrogens (primary N) is 1. The number of amides is 4. The van der Waals surface area contributed by atoms with Crippen LogP contribution < -0.4 is 16.0 Å². The van der Waals surface area contributed by atoms with E-state index >= 15 is 0 Å². The maximum atomic E-state index is 13.4. The van der Waals surface area contributed by atoms with Crippen LogP contribution in [0.4, 0.5) is 5.69 Å². The molecule has 1 aliphatic carbocycles. The van der Waals surface area contributed by atoms with Gasteiger partial charge in [-0.05, 0) is 67.0 Å². The topological polar surface area (TPSA) is 149 Å². The molecule has 1 unspecified atom stereocenters. The maximum Gasteiger partial charge on any atom is 0.259 e. The molecule has 2 aromatic carbocycles. The van der Waals surface area contributed by atoms with E-state index in [0.717, 1.165) is 34.8 Å². The number of hydrogen-bond donors (Lipinski definition) is 2. The van der Waals surface area contributed by atoms with Crippen molar-refractivity contribution in [3.63, 3.8) is 0 Å². The molecule has 204 valence electrons. The van der Waals surface area contributed by atoms with Crippen molar-refractivity contribution in [1.82, 2.24) is 10.2 Å². The largest absolute Gasteiger partial charge is 0.404 e. The maximum absolute atomic E-state index is 13.4. The van der Waals surface area contributed by atoms with Crippen molar-refractivity contribution in [3.8, 4) is 6.07 Å². The third kappa shape index (κ3) is 4.31. The van der Waals surface area contributed by atoms with Crippen molar-refractivity contribution < 1.29 is 19.2 Å². The highest BCUT2D eigenvalue weighted by Crippen LogP contribution is 2.47. The number of anilines is 1. The van der Waals surface area contributed by atoms with Gasteiger partial charge in [-0.15, -0.1) is 0 Å². The standard InChI is InChI=1S/C30H30N6O4/c31-15-18(16-33-20-8-12-35(13-9-20)29(40)30(17-32)10-11-30)14-19-4-5-23-26-21(19)2-1-3-22(26)28(39)36(23)24-6-7-25(37)34-27(24)38/h1-5,15-16,20,24H,6-14,31H2,(H,34,37,38)/b18-15-,33-16?. The summed E-state index contributed by atoms with van der Waals surface area (Å²) in [5.41, 5.74) is 8.22. The van der Waals surface area contributed by atoms with Crippen LogP contribution in [0.15, 0.2) is 47.1 Å². The molecule has 1 atom stereocenters. The molecule has 3 aliphatic heterocycles. The first kappa shape index (κ1) is 25.7. The first-order valence-corrected chi connectivity index (χ1v) is 13.7. The van der Waals surface area contributed by atoms with Gasteiger partial charge in [0, 0.05) is 43.1 Å². The second-order valence-electron chi connectivity index (χ2n) is 11.0. The van der Waals surface area contributed by atoms with E-state index in [9.17, 15) is 24.4 Å². The average molecular weight is 539 g/mol. The Morgan fingerprint density at radius 3 is 2.60 bits per heavy atom. The minimum atomic E-state index is -0.783. The van der Waals surface area contributed by atoms with Crippen molar-refractivity contribution in [2.24, 2.45) is 16.1 Å². The number of imide groups is 1. The van der Waals surface area contributed by atoms with Crippen LogP contribution >= 0.6 is 0 Å². The van der Waals surface area contributed by atoms with Crippen LogP contribution in [-0.2, 0) is 20.8 Å². The van der Waals surface area contributed by atoms with Crippen LogP contribution in [0.2, 0.25) is 0 Å². The number of hydrogen-bond acceptors (Lipinski definition) is 7. The quantitative estimate of drug-likeness (QED) is 0.426. The first-order chi connectivity index (χ1) is 19.3. The van der Waals surface area contributed by atoms with E-state index in [4.69, 9.17) is 10.7 Å².